The van der Waals surface area contributed by atoms with Crippen molar-refractivity contribution in [1.29, 1.82) is 0 Å². The molecule has 0 heterocycles. The van der Waals surface area contributed by atoms with E-state index in [1.165, 1.54) is 0 Å². The topological polar surface area (TPSA) is 50.7 Å². The van der Waals surface area contributed by atoms with Gasteiger partial charge in [0.05, 0.1) is 17.6 Å². The molecular weight excluding hydrogens is 161 g/mol. The Morgan fingerprint density at radius 1 is 1.38 bits per heavy atom. The fourth-order valence-electron chi connectivity index (χ4n) is 0.762. The molecule has 0 aromatic heterocycles. The summed E-state index contributed by atoms with van der Waals surface area (Å²) in [5.74, 6) is 5.04. The highest BCUT2D eigenvalue weighted by Crippen LogP contribution is 2.06. The van der Waals surface area contributed by atoms with Gasteiger partial charge in [0.1, 0.15) is 7.85 Å². The summed E-state index contributed by atoms with van der Waals surface area (Å²) in [4.78, 5) is 4.13. The van der Waals surface area contributed by atoms with Crippen LogP contribution in [0.2, 0.25) is 0 Å². The molecule has 1 aromatic rings. The van der Waals surface area contributed by atoms with E-state index in [9.17, 15) is 0 Å². The van der Waals surface area contributed by atoms with E-state index in [0.717, 1.165) is 11.2 Å². The summed E-state index contributed by atoms with van der Waals surface area (Å²) >= 11 is 0. The number of rotatable bonds is 2. The lowest BCUT2D eigenvalue weighted by molar-refractivity contribution is 1.25. The van der Waals surface area contributed by atoms with Crippen molar-refractivity contribution >= 4 is 30.9 Å². The van der Waals surface area contributed by atoms with Crippen molar-refractivity contribution in [2.75, 3.05) is 0 Å². The van der Waals surface area contributed by atoms with Crippen LogP contribution in [0.3, 0.4) is 0 Å². The van der Waals surface area contributed by atoms with Gasteiger partial charge in [-0.1, -0.05) is 17.6 Å². The third-order valence-corrected chi connectivity index (χ3v) is 1.50. The first kappa shape index (κ1) is 9.51. The second-order valence-corrected chi connectivity index (χ2v) is 2.62. The highest BCUT2D eigenvalue weighted by molar-refractivity contribution is 6.32. The van der Waals surface area contributed by atoms with Crippen LogP contribution in [0.25, 0.3) is 0 Å². The molecule has 2 N–H and O–H groups in total. The van der Waals surface area contributed by atoms with Crippen LogP contribution in [0, 0.1) is 0 Å². The molecule has 0 aliphatic rings. The van der Waals surface area contributed by atoms with Gasteiger partial charge in [-0.15, -0.1) is 0 Å². The van der Waals surface area contributed by atoms with Gasteiger partial charge in [-0.05, 0) is 19.1 Å². The highest BCUT2D eigenvalue weighted by Gasteiger charge is 1.87. The zero-order valence-electron chi connectivity index (χ0n) is 7.44. The molecule has 0 bridgehead atoms. The molecule has 13 heavy (non-hydrogen) atoms. The first-order chi connectivity index (χ1) is 6.22. The van der Waals surface area contributed by atoms with Gasteiger partial charge in [0.2, 0.25) is 0 Å². The molecule has 3 nitrogen and oxygen atoms in total. The molecule has 1 rings (SSSR count). The van der Waals surface area contributed by atoms with Crippen molar-refractivity contribution in [3.8, 4) is 0 Å². The summed E-state index contributed by atoms with van der Waals surface area (Å²) in [6.45, 7) is 1.78. The van der Waals surface area contributed by atoms with Crippen LogP contribution in [0.1, 0.15) is 6.92 Å². The SMILES string of the molecule is [B]c1ccc(N=C/C(C)=N\N)cc1. The van der Waals surface area contributed by atoms with Crippen LogP contribution >= 0.6 is 0 Å². The van der Waals surface area contributed by atoms with Crippen molar-refractivity contribution in [2.45, 2.75) is 6.92 Å². The third kappa shape index (κ3) is 3.11. The van der Waals surface area contributed by atoms with Gasteiger partial charge in [0, 0.05) is 0 Å². The van der Waals surface area contributed by atoms with Gasteiger partial charge in [-0.3, -0.25) is 4.99 Å². The van der Waals surface area contributed by atoms with Gasteiger partial charge >= 0.3 is 0 Å². The normalized spacial score (nSPS) is 12.2. The molecule has 0 unspecified atom stereocenters. The molecule has 64 valence electrons. The largest absolute Gasteiger partial charge is 0.323 e. The van der Waals surface area contributed by atoms with Gasteiger partial charge in [-0.2, -0.15) is 5.10 Å². The Bertz CT molecular complexity index is 327. The summed E-state index contributed by atoms with van der Waals surface area (Å²) < 4.78 is 0. The van der Waals surface area contributed by atoms with Crippen molar-refractivity contribution in [3.05, 3.63) is 24.3 Å². The lowest BCUT2D eigenvalue weighted by Gasteiger charge is -1.94. The molecular formula is C9H10BN3. The fraction of sp³-hybridized carbons (Fsp3) is 0.111. The van der Waals surface area contributed by atoms with Crippen LogP contribution in [0.4, 0.5) is 5.69 Å². The number of benzene rings is 1. The summed E-state index contributed by atoms with van der Waals surface area (Å²) in [5.41, 5.74) is 2.23. The Morgan fingerprint density at radius 3 is 2.54 bits per heavy atom. The van der Waals surface area contributed by atoms with Crippen LogP contribution < -0.4 is 11.3 Å². The van der Waals surface area contributed by atoms with Crippen molar-refractivity contribution in [3.63, 3.8) is 0 Å². The minimum Gasteiger partial charge on any atom is -0.323 e. The Labute approximate surface area is 78.8 Å². The number of hydrazone groups is 1. The molecule has 2 radical (unpaired) electrons. The summed E-state index contributed by atoms with van der Waals surface area (Å²) in [6.07, 6.45) is 1.60. The second-order valence-electron chi connectivity index (χ2n) is 2.62. The molecule has 1 aromatic carbocycles. The predicted octanol–water partition coefficient (Wildman–Crippen LogP) is 0.517. The lowest BCUT2D eigenvalue weighted by Crippen LogP contribution is -1.99. The number of hydrogen-bond acceptors (Lipinski definition) is 3. The molecule has 0 aliphatic carbocycles. The molecule has 4 heteroatoms. The molecule has 0 amide bonds. The van der Waals surface area contributed by atoms with Gasteiger partial charge in [-0.25, -0.2) is 0 Å². The van der Waals surface area contributed by atoms with E-state index in [1.54, 1.807) is 25.3 Å². The van der Waals surface area contributed by atoms with E-state index in [-0.39, 0.29) is 0 Å². The Kier molecular flexibility index (Phi) is 3.26. The number of hydrogen-bond donors (Lipinski definition) is 1. The van der Waals surface area contributed by atoms with E-state index in [0.29, 0.717) is 5.71 Å². The third-order valence-electron chi connectivity index (χ3n) is 1.50. The summed E-state index contributed by atoms with van der Waals surface area (Å²) in [5, 5.41) is 3.46. The maximum atomic E-state index is 5.51. The van der Waals surface area contributed by atoms with Gasteiger partial charge in [0.15, 0.2) is 0 Å². The second kappa shape index (κ2) is 4.45. The van der Waals surface area contributed by atoms with Crippen molar-refractivity contribution < 1.29 is 0 Å². The Balaban J connectivity index is 2.75. The standard InChI is InChI=1S/C9H10BN3/c1-7(13-11)6-12-9-4-2-8(10)3-5-9/h2-6H,11H2,1H3/b12-6?,13-7-. The Morgan fingerprint density at radius 2 is 2.00 bits per heavy atom. The predicted molar refractivity (Wildman–Crippen MR) is 57.3 cm³/mol. The number of nitrogens with two attached hydrogens (primary N) is 1. The van der Waals surface area contributed by atoms with Crippen LogP contribution in [-0.4, -0.2) is 19.8 Å². The number of aliphatic imine (C=N–C) groups is 1. The maximum absolute atomic E-state index is 5.51. The fourth-order valence-corrected chi connectivity index (χ4v) is 0.762. The first-order valence-corrected chi connectivity index (χ1v) is 3.86. The molecule has 0 saturated carbocycles. The van der Waals surface area contributed by atoms with Gasteiger partial charge < -0.3 is 5.84 Å². The van der Waals surface area contributed by atoms with Gasteiger partial charge in [0.25, 0.3) is 0 Å². The highest BCUT2D eigenvalue weighted by atomic mass is 15.1. The quantitative estimate of drug-likeness (QED) is 0.300. The average molecular weight is 171 g/mol. The zero-order valence-corrected chi connectivity index (χ0v) is 7.44. The van der Waals surface area contributed by atoms with Crippen LogP contribution in [-0.2, 0) is 0 Å². The molecule has 0 fully saturated rings. The Hall–Kier alpha value is -1.58. The number of nitrogens with zero attached hydrogens (tertiary/aromatic N) is 2. The smallest absolute Gasteiger partial charge is 0.113 e. The van der Waals surface area contributed by atoms with E-state index >= 15 is 0 Å². The summed E-state index contributed by atoms with van der Waals surface area (Å²) in [6, 6.07) is 7.24. The van der Waals surface area contributed by atoms with E-state index < -0.39 is 0 Å². The van der Waals surface area contributed by atoms with Crippen molar-refractivity contribution in [1.82, 2.24) is 0 Å². The minimum atomic E-state index is 0.678. The molecule has 0 spiro atoms. The van der Waals surface area contributed by atoms with E-state index in [4.69, 9.17) is 13.7 Å². The molecule has 0 atom stereocenters. The monoisotopic (exact) mass is 171 g/mol. The first-order valence-electron chi connectivity index (χ1n) is 3.86. The minimum absolute atomic E-state index is 0.678. The van der Waals surface area contributed by atoms with Crippen LogP contribution in [0.15, 0.2) is 34.4 Å². The van der Waals surface area contributed by atoms with E-state index in [1.807, 2.05) is 12.1 Å². The summed E-state index contributed by atoms with van der Waals surface area (Å²) in [7, 11) is 5.51. The maximum Gasteiger partial charge on any atom is 0.113 e. The zero-order chi connectivity index (χ0) is 9.68. The van der Waals surface area contributed by atoms with Crippen molar-refractivity contribution in [2.24, 2.45) is 15.9 Å². The molecule has 0 aliphatic heterocycles. The lowest BCUT2D eigenvalue weighted by atomic mass is 9.96. The van der Waals surface area contributed by atoms with E-state index in [2.05, 4.69) is 10.1 Å². The molecule has 0 saturated heterocycles. The average Bonchev–Trinajstić information content (AvgIpc) is 2.16. The van der Waals surface area contributed by atoms with Crippen LogP contribution in [0.5, 0.6) is 0 Å².